The maximum Gasteiger partial charge on any atom is 0.271 e. The number of hydrogen-bond acceptors (Lipinski definition) is 7. The van der Waals surface area contributed by atoms with Gasteiger partial charge in [0.1, 0.15) is 0 Å². The number of rotatable bonds is 10. The Morgan fingerprint density at radius 1 is 1.03 bits per heavy atom. The van der Waals surface area contributed by atoms with Crippen LogP contribution in [0.4, 0.5) is 0 Å². The fourth-order valence-corrected chi connectivity index (χ4v) is 3.03. The lowest BCUT2D eigenvalue weighted by molar-refractivity contribution is 0.0954. The first-order chi connectivity index (χ1) is 14.4. The second kappa shape index (κ2) is 11.3. The van der Waals surface area contributed by atoms with Crippen molar-refractivity contribution in [2.45, 2.75) is 20.8 Å². The molecule has 0 fully saturated rings. The van der Waals surface area contributed by atoms with Crippen LogP contribution in [0, 0.1) is 0 Å². The molecule has 162 valence electrons. The van der Waals surface area contributed by atoms with Crippen LogP contribution >= 0.6 is 15.9 Å². The summed E-state index contributed by atoms with van der Waals surface area (Å²) >= 11 is 3.24. The summed E-state index contributed by atoms with van der Waals surface area (Å²) in [4.78, 5) is 12.6. The minimum atomic E-state index is -0.444. The number of phenolic OH excluding ortho intramolecular Hbond substituents is 1. The van der Waals surface area contributed by atoms with E-state index in [2.05, 4.69) is 26.5 Å². The fraction of sp³-hybridized carbons (Fsp3) is 0.333. The summed E-state index contributed by atoms with van der Waals surface area (Å²) in [6.45, 7) is 6.80. The molecule has 2 aromatic carbocycles. The topological polar surface area (TPSA) is 98.6 Å². The van der Waals surface area contributed by atoms with E-state index in [4.69, 9.17) is 18.9 Å². The van der Waals surface area contributed by atoms with Crippen molar-refractivity contribution in [3.63, 3.8) is 0 Å². The Kier molecular flexibility index (Phi) is 8.79. The highest BCUT2D eigenvalue weighted by molar-refractivity contribution is 9.10. The van der Waals surface area contributed by atoms with Crippen molar-refractivity contribution in [1.29, 1.82) is 0 Å². The van der Waals surface area contributed by atoms with Gasteiger partial charge in [-0.2, -0.15) is 5.10 Å². The first-order valence-corrected chi connectivity index (χ1v) is 10.2. The van der Waals surface area contributed by atoms with Crippen LogP contribution in [0.5, 0.6) is 28.7 Å². The molecule has 9 heteroatoms. The van der Waals surface area contributed by atoms with Gasteiger partial charge in [0.15, 0.2) is 23.0 Å². The summed E-state index contributed by atoms with van der Waals surface area (Å²) < 4.78 is 22.4. The Morgan fingerprint density at radius 2 is 1.63 bits per heavy atom. The number of nitrogens with one attached hydrogen (secondary N) is 1. The number of methoxy groups -OCH3 is 1. The Hall–Kier alpha value is -2.94. The smallest absolute Gasteiger partial charge is 0.271 e. The molecule has 2 aromatic rings. The van der Waals surface area contributed by atoms with E-state index in [0.717, 1.165) is 0 Å². The first kappa shape index (κ1) is 23.3. The molecule has 0 radical (unpaired) electrons. The van der Waals surface area contributed by atoms with E-state index in [9.17, 15) is 9.90 Å². The molecule has 0 spiro atoms. The van der Waals surface area contributed by atoms with Crippen LogP contribution in [0.25, 0.3) is 0 Å². The van der Waals surface area contributed by atoms with Gasteiger partial charge in [-0.25, -0.2) is 5.43 Å². The molecular weight excluding hydrogens is 456 g/mol. The minimum absolute atomic E-state index is 0.0139. The lowest BCUT2D eigenvalue weighted by Crippen LogP contribution is -2.18. The van der Waals surface area contributed by atoms with Gasteiger partial charge in [0.2, 0.25) is 5.75 Å². The van der Waals surface area contributed by atoms with Gasteiger partial charge >= 0.3 is 0 Å². The van der Waals surface area contributed by atoms with Gasteiger partial charge in [-0.3, -0.25) is 4.79 Å². The van der Waals surface area contributed by atoms with E-state index in [1.54, 1.807) is 24.3 Å². The molecular formula is C21H25BrN2O6. The molecule has 1 amide bonds. The highest BCUT2D eigenvalue weighted by Crippen LogP contribution is 2.39. The number of amides is 1. The highest BCUT2D eigenvalue weighted by atomic mass is 79.9. The number of carbonyl (C=O) groups excluding carboxylic acids is 1. The van der Waals surface area contributed by atoms with Gasteiger partial charge in [0, 0.05) is 5.56 Å². The van der Waals surface area contributed by atoms with Crippen molar-refractivity contribution < 1.29 is 28.8 Å². The van der Waals surface area contributed by atoms with Crippen LogP contribution < -0.4 is 24.4 Å². The second-order valence-corrected chi connectivity index (χ2v) is 6.71. The summed E-state index contributed by atoms with van der Waals surface area (Å²) in [5.74, 6) is 1.13. The molecule has 30 heavy (non-hydrogen) atoms. The van der Waals surface area contributed by atoms with Gasteiger partial charge in [-0.15, -0.1) is 0 Å². The molecule has 0 aromatic heterocycles. The van der Waals surface area contributed by atoms with Crippen molar-refractivity contribution >= 4 is 28.1 Å². The van der Waals surface area contributed by atoms with Crippen molar-refractivity contribution in [2.75, 3.05) is 26.9 Å². The molecule has 0 aliphatic carbocycles. The van der Waals surface area contributed by atoms with Gasteiger partial charge < -0.3 is 24.1 Å². The molecule has 0 saturated heterocycles. The average Bonchev–Trinajstić information content (AvgIpc) is 2.72. The summed E-state index contributed by atoms with van der Waals surface area (Å²) in [6.07, 6.45) is 1.44. The van der Waals surface area contributed by atoms with Gasteiger partial charge in [0.25, 0.3) is 5.91 Å². The average molecular weight is 481 g/mol. The lowest BCUT2D eigenvalue weighted by atomic mass is 10.1. The lowest BCUT2D eigenvalue weighted by Gasteiger charge is -2.16. The van der Waals surface area contributed by atoms with Gasteiger partial charge in [-0.1, -0.05) is 0 Å². The predicted molar refractivity (Wildman–Crippen MR) is 117 cm³/mol. The number of hydrogen-bond donors (Lipinski definition) is 2. The molecule has 0 aliphatic heterocycles. The molecule has 0 heterocycles. The van der Waals surface area contributed by atoms with E-state index in [0.29, 0.717) is 52.7 Å². The number of ether oxygens (including phenoxy) is 4. The number of phenols is 1. The van der Waals surface area contributed by atoms with Crippen LogP contribution in [0.3, 0.4) is 0 Å². The fourth-order valence-electron chi connectivity index (χ4n) is 2.57. The molecule has 0 saturated carbocycles. The third kappa shape index (κ3) is 5.79. The highest BCUT2D eigenvalue weighted by Gasteiger charge is 2.18. The Morgan fingerprint density at radius 3 is 2.17 bits per heavy atom. The van der Waals surface area contributed by atoms with Crippen LogP contribution in [0.1, 0.15) is 36.7 Å². The largest absolute Gasteiger partial charge is 0.503 e. The number of halogens is 1. The zero-order valence-electron chi connectivity index (χ0n) is 17.3. The van der Waals surface area contributed by atoms with Crippen LogP contribution in [-0.2, 0) is 0 Å². The van der Waals surface area contributed by atoms with Gasteiger partial charge in [-0.05, 0) is 66.5 Å². The second-order valence-electron chi connectivity index (χ2n) is 5.85. The zero-order chi connectivity index (χ0) is 22.1. The monoisotopic (exact) mass is 480 g/mol. The van der Waals surface area contributed by atoms with Crippen LogP contribution in [0.2, 0.25) is 0 Å². The van der Waals surface area contributed by atoms with E-state index in [1.165, 1.54) is 13.3 Å². The van der Waals surface area contributed by atoms with Crippen LogP contribution in [0.15, 0.2) is 33.8 Å². The van der Waals surface area contributed by atoms with Crippen molar-refractivity contribution in [1.82, 2.24) is 5.43 Å². The molecule has 0 atom stereocenters. The third-order valence-electron chi connectivity index (χ3n) is 3.82. The standard InChI is InChI=1S/C21H25BrN2O6/c1-5-28-17-10-14(11-18(29-6-2)20(17)30-7-3)21(26)24-23-12-13-8-15(22)19(25)16(9-13)27-4/h8-12,25H,5-7H2,1-4H3,(H,24,26). The summed E-state index contributed by atoms with van der Waals surface area (Å²) in [6, 6.07) is 6.40. The number of carbonyl (C=O) groups is 1. The quantitative estimate of drug-likeness (QED) is 0.391. The molecule has 0 aliphatic rings. The maximum atomic E-state index is 12.6. The SMILES string of the molecule is CCOc1cc(C(=O)NN=Cc2cc(Br)c(O)c(OC)c2)cc(OCC)c1OCC. The van der Waals surface area contributed by atoms with E-state index < -0.39 is 5.91 Å². The van der Waals surface area contributed by atoms with Crippen molar-refractivity contribution in [3.05, 3.63) is 39.9 Å². The number of hydrazone groups is 1. The summed E-state index contributed by atoms with van der Waals surface area (Å²) in [5.41, 5.74) is 3.40. The van der Waals surface area contributed by atoms with Gasteiger partial charge in [0.05, 0.1) is 37.6 Å². The molecule has 8 nitrogen and oxygen atoms in total. The van der Waals surface area contributed by atoms with Crippen molar-refractivity contribution in [2.24, 2.45) is 5.10 Å². The summed E-state index contributed by atoms with van der Waals surface area (Å²) in [5, 5.41) is 13.8. The summed E-state index contributed by atoms with van der Waals surface area (Å²) in [7, 11) is 1.45. The minimum Gasteiger partial charge on any atom is -0.503 e. The maximum absolute atomic E-state index is 12.6. The zero-order valence-corrected chi connectivity index (χ0v) is 18.9. The van der Waals surface area contributed by atoms with Crippen molar-refractivity contribution in [3.8, 4) is 28.7 Å². The first-order valence-electron chi connectivity index (χ1n) is 9.41. The Balaban J connectivity index is 2.25. The normalized spacial score (nSPS) is 10.7. The Bertz CT molecular complexity index is 890. The third-order valence-corrected chi connectivity index (χ3v) is 4.43. The van der Waals surface area contributed by atoms with E-state index >= 15 is 0 Å². The van der Waals surface area contributed by atoms with Crippen LogP contribution in [-0.4, -0.2) is 44.2 Å². The molecule has 0 unspecified atom stereocenters. The molecule has 2 rings (SSSR count). The number of aromatic hydroxyl groups is 1. The van der Waals surface area contributed by atoms with E-state index in [-0.39, 0.29) is 11.5 Å². The molecule has 0 bridgehead atoms. The number of nitrogens with zero attached hydrogens (tertiary/aromatic N) is 1. The van der Waals surface area contributed by atoms with E-state index in [1.807, 2.05) is 20.8 Å². The predicted octanol–water partition coefficient (Wildman–Crippen LogP) is 4.12. The Labute approximate surface area is 183 Å². The number of benzene rings is 2. The molecule has 2 N–H and O–H groups in total.